The minimum absolute atomic E-state index is 0.338. The Morgan fingerprint density at radius 2 is 1.89 bits per heavy atom. The maximum Gasteiger partial charge on any atom is 0.337 e. The number of carbonyl (C=O) groups is 2. The molecule has 2 aliphatic carbocycles. The van der Waals surface area contributed by atoms with E-state index in [2.05, 4.69) is 15.6 Å². The van der Waals surface area contributed by atoms with Crippen molar-refractivity contribution in [2.24, 2.45) is 0 Å². The van der Waals surface area contributed by atoms with E-state index in [0.717, 1.165) is 11.1 Å². The van der Waals surface area contributed by atoms with Crippen LogP contribution in [0.4, 0.5) is 5.13 Å². The summed E-state index contributed by atoms with van der Waals surface area (Å²) >= 11 is 1.39. The third kappa shape index (κ3) is 4.35. The number of ether oxygens (including phenoxy) is 2. The lowest BCUT2D eigenvalue weighted by Crippen LogP contribution is -2.65. The fourth-order valence-electron chi connectivity index (χ4n) is 4.65. The highest BCUT2D eigenvalue weighted by Gasteiger charge is 2.58. The molecular weight excluding hydrogens is 466 g/mol. The molecule has 0 fully saturated rings. The normalized spacial score (nSPS) is 21.7. The van der Waals surface area contributed by atoms with Gasteiger partial charge >= 0.3 is 11.9 Å². The summed E-state index contributed by atoms with van der Waals surface area (Å²) in [5.74, 6) is -0.549. The van der Waals surface area contributed by atoms with Crippen LogP contribution in [0.3, 0.4) is 0 Å². The zero-order chi connectivity index (χ0) is 25.2. The van der Waals surface area contributed by atoms with Gasteiger partial charge in [0.25, 0.3) is 0 Å². The largest absolute Gasteiger partial charge is 0.507 e. The monoisotopic (exact) mass is 493 g/mol. The van der Waals surface area contributed by atoms with Crippen LogP contribution in [0.2, 0.25) is 0 Å². The molecule has 3 unspecified atom stereocenters. The molecule has 9 heteroatoms. The Kier molecular flexibility index (Phi) is 6.79. The second-order valence-electron chi connectivity index (χ2n) is 8.27. The van der Waals surface area contributed by atoms with Gasteiger partial charge in [0.2, 0.25) is 0 Å². The number of hydrogen-bond acceptors (Lipinski definition) is 9. The van der Waals surface area contributed by atoms with Crippen molar-refractivity contribution in [1.82, 2.24) is 10.3 Å². The van der Waals surface area contributed by atoms with Gasteiger partial charge in [0, 0.05) is 28.9 Å². The fraction of sp³-hybridized carbons (Fsp3) is 0.269. The molecule has 0 amide bonds. The van der Waals surface area contributed by atoms with Crippen LogP contribution in [0, 0.1) is 0 Å². The molecule has 0 spiro atoms. The zero-order valence-electron chi connectivity index (χ0n) is 19.9. The minimum Gasteiger partial charge on any atom is -0.507 e. The zero-order valence-corrected chi connectivity index (χ0v) is 20.7. The van der Waals surface area contributed by atoms with Crippen LogP contribution >= 0.6 is 11.3 Å². The highest BCUT2D eigenvalue weighted by molar-refractivity contribution is 7.13. The molecule has 182 valence electrons. The summed E-state index contributed by atoms with van der Waals surface area (Å²) in [6, 6.07) is 13.8. The van der Waals surface area contributed by atoms with Gasteiger partial charge in [0.1, 0.15) is 11.2 Å². The summed E-state index contributed by atoms with van der Waals surface area (Å²) in [5.41, 5.74) is 2.71. The van der Waals surface area contributed by atoms with Crippen LogP contribution in [0.25, 0.3) is 11.1 Å². The molecule has 3 aliphatic rings. The van der Waals surface area contributed by atoms with Gasteiger partial charge in [-0.25, -0.2) is 9.78 Å². The predicted octanol–water partition coefficient (Wildman–Crippen LogP) is 3.85. The standard InChI is InChI=1S/C20H23N3O4S.C6H4O/c1-12-15(17(24)26-3)16(23-19-21-10-11-28-19)20(13(2)22-12,18(25)27-4)14-8-6-5-7-9-14;7-6-2-1-4-3-5(4)6/h5-11,13,16,22H,1-4H3,(H,21,23);1-3,7H. The molecule has 2 aromatic rings. The number of phenols is 1. The van der Waals surface area contributed by atoms with Crippen LogP contribution < -0.4 is 10.6 Å². The number of esters is 2. The number of allylic oxidation sites excluding steroid dienone is 1. The molecule has 1 aromatic carbocycles. The maximum absolute atomic E-state index is 13.3. The second kappa shape index (κ2) is 9.79. The predicted molar refractivity (Wildman–Crippen MR) is 134 cm³/mol. The molecule has 1 aliphatic heterocycles. The van der Waals surface area contributed by atoms with Crippen LogP contribution in [-0.4, -0.2) is 48.3 Å². The number of fused-ring (bicyclic) bond motifs is 1. The number of hydrogen-bond donors (Lipinski definition) is 3. The van der Waals surface area contributed by atoms with E-state index >= 15 is 0 Å². The summed E-state index contributed by atoms with van der Waals surface area (Å²) in [6.45, 7) is 3.70. The molecule has 3 atom stereocenters. The summed E-state index contributed by atoms with van der Waals surface area (Å²) in [6.07, 6.45) is 1.66. The molecule has 35 heavy (non-hydrogen) atoms. The molecule has 0 bridgehead atoms. The number of methoxy groups -OCH3 is 2. The fourth-order valence-corrected chi connectivity index (χ4v) is 5.20. The molecule has 2 heterocycles. The minimum atomic E-state index is -1.22. The topological polar surface area (TPSA) is 110 Å². The van der Waals surface area contributed by atoms with Crippen LogP contribution in [-0.2, 0) is 24.5 Å². The van der Waals surface area contributed by atoms with Gasteiger partial charge in [-0.2, -0.15) is 0 Å². The third-order valence-corrected chi connectivity index (χ3v) is 7.07. The summed E-state index contributed by atoms with van der Waals surface area (Å²) in [5, 5.41) is 17.8. The lowest BCUT2D eigenvalue weighted by Gasteiger charge is -2.47. The van der Waals surface area contributed by atoms with Gasteiger partial charge in [0.15, 0.2) is 5.13 Å². The van der Waals surface area contributed by atoms with Gasteiger partial charge in [-0.15, -0.1) is 11.3 Å². The molecule has 0 saturated heterocycles. The van der Waals surface area contributed by atoms with E-state index in [1.54, 1.807) is 19.2 Å². The Bertz CT molecular complexity index is 1260. The summed E-state index contributed by atoms with van der Waals surface area (Å²) in [4.78, 5) is 30.3. The number of carbonyl (C=O) groups excluding carboxylic acids is 2. The number of rotatable bonds is 5. The molecule has 8 nitrogen and oxygen atoms in total. The van der Waals surface area contributed by atoms with E-state index < -0.39 is 23.4 Å². The van der Waals surface area contributed by atoms with Crippen LogP contribution in [0.15, 0.2) is 71.4 Å². The van der Waals surface area contributed by atoms with E-state index in [1.165, 1.54) is 31.1 Å². The first kappa shape index (κ1) is 24.3. The molecule has 0 saturated carbocycles. The Hall–Kier alpha value is -3.85. The van der Waals surface area contributed by atoms with Crippen LogP contribution in [0.5, 0.6) is 5.75 Å². The second-order valence-corrected chi connectivity index (χ2v) is 9.16. The number of benzene rings is 2. The first-order valence-electron chi connectivity index (χ1n) is 11.0. The number of anilines is 1. The molecule has 1 aromatic heterocycles. The third-order valence-electron chi connectivity index (χ3n) is 6.37. The number of nitrogens with one attached hydrogen (secondary N) is 2. The molecule has 5 rings (SSSR count). The number of aromatic hydroxyl groups is 1. The van der Waals surface area contributed by atoms with Crippen LogP contribution in [0.1, 0.15) is 19.4 Å². The van der Waals surface area contributed by atoms with Crippen molar-refractivity contribution in [2.75, 3.05) is 19.5 Å². The molecule has 0 radical (unpaired) electrons. The van der Waals surface area contributed by atoms with Crippen molar-refractivity contribution in [3.63, 3.8) is 0 Å². The Labute approximate surface area is 207 Å². The quantitative estimate of drug-likeness (QED) is 0.360. The van der Waals surface area contributed by atoms with Gasteiger partial charge in [-0.05, 0) is 37.1 Å². The average Bonchev–Trinajstić information content (AvgIpc) is 3.30. The smallest absolute Gasteiger partial charge is 0.337 e. The maximum atomic E-state index is 13.3. The summed E-state index contributed by atoms with van der Waals surface area (Å²) in [7, 11) is 2.67. The summed E-state index contributed by atoms with van der Waals surface area (Å²) < 4.78 is 10.3. The first-order chi connectivity index (χ1) is 16.8. The van der Waals surface area contributed by atoms with E-state index in [9.17, 15) is 9.59 Å². The number of nitrogens with zero attached hydrogens (tertiary/aromatic N) is 1. The van der Waals surface area contributed by atoms with Gasteiger partial charge in [-0.1, -0.05) is 36.4 Å². The number of aromatic nitrogens is 1. The first-order valence-corrected chi connectivity index (χ1v) is 11.9. The van der Waals surface area contributed by atoms with Crippen molar-refractivity contribution < 1.29 is 24.2 Å². The van der Waals surface area contributed by atoms with Crippen molar-refractivity contribution in [3.8, 4) is 16.9 Å². The lowest BCUT2D eigenvalue weighted by molar-refractivity contribution is -0.149. The lowest BCUT2D eigenvalue weighted by atomic mass is 9.64. The van der Waals surface area contributed by atoms with Crippen molar-refractivity contribution in [2.45, 2.75) is 31.3 Å². The van der Waals surface area contributed by atoms with Crippen molar-refractivity contribution in [3.05, 3.63) is 76.9 Å². The van der Waals surface area contributed by atoms with E-state index in [1.807, 2.05) is 54.8 Å². The Morgan fingerprint density at radius 1 is 1.14 bits per heavy atom. The van der Waals surface area contributed by atoms with Crippen molar-refractivity contribution in [1.29, 1.82) is 0 Å². The highest BCUT2D eigenvalue weighted by atomic mass is 32.1. The van der Waals surface area contributed by atoms with E-state index in [0.29, 0.717) is 22.2 Å². The molecular formula is C26H27N3O5S. The van der Waals surface area contributed by atoms with Gasteiger partial charge < -0.3 is 25.2 Å². The van der Waals surface area contributed by atoms with E-state index in [4.69, 9.17) is 14.6 Å². The highest BCUT2D eigenvalue weighted by Crippen LogP contribution is 2.43. The Morgan fingerprint density at radius 3 is 2.37 bits per heavy atom. The SMILES string of the molecule is COC(=O)C1=C(C)NC(C)C(C(=O)OC)(c2ccccc2)C1Nc1nccs1.Oc1ccc2cc1-2. The van der Waals surface area contributed by atoms with Gasteiger partial charge in [-0.3, -0.25) is 4.79 Å². The van der Waals surface area contributed by atoms with E-state index in [-0.39, 0.29) is 6.04 Å². The Balaban J connectivity index is 0.000000347. The number of thiazole rings is 1. The average molecular weight is 494 g/mol. The molecule has 3 N–H and O–H groups in total. The number of phenolic OH excluding ortho intramolecular Hbond substituents is 1. The van der Waals surface area contributed by atoms with Gasteiger partial charge in [0.05, 0.1) is 25.8 Å². The van der Waals surface area contributed by atoms with Crippen molar-refractivity contribution >= 4 is 28.4 Å².